The first-order valence-electron chi connectivity index (χ1n) is 6.41. The van der Waals surface area contributed by atoms with Gasteiger partial charge in [0.05, 0.1) is 0 Å². The standard InChI is InChI=1S/C18H14S2/c1-2-16(6-8-18-10-12-20-14-18)4-3-15(1)5-7-17-9-11-19-13-17/h1-14H/b7-5+,8-6+. The van der Waals surface area contributed by atoms with Crippen LogP contribution in [0.2, 0.25) is 0 Å². The highest BCUT2D eigenvalue weighted by Crippen LogP contribution is 2.14. The van der Waals surface area contributed by atoms with Gasteiger partial charge in [0.1, 0.15) is 0 Å². The zero-order chi connectivity index (χ0) is 13.6. The summed E-state index contributed by atoms with van der Waals surface area (Å²) < 4.78 is 0. The molecule has 1 aromatic carbocycles. The fraction of sp³-hybridized carbons (Fsp3) is 0. The van der Waals surface area contributed by atoms with Crippen molar-refractivity contribution in [3.63, 3.8) is 0 Å². The molecule has 0 fully saturated rings. The molecule has 0 aliphatic carbocycles. The van der Waals surface area contributed by atoms with E-state index >= 15 is 0 Å². The lowest BCUT2D eigenvalue weighted by Crippen LogP contribution is -1.74. The highest BCUT2D eigenvalue weighted by atomic mass is 32.1. The minimum absolute atomic E-state index is 1.23. The molecule has 0 amide bonds. The summed E-state index contributed by atoms with van der Waals surface area (Å²) in [5.41, 5.74) is 4.97. The SMILES string of the molecule is C(=C\c1ccsc1)/c1ccc(/C=C/c2ccsc2)cc1. The number of hydrogen-bond donors (Lipinski definition) is 0. The highest BCUT2D eigenvalue weighted by molar-refractivity contribution is 7.08. The second-order valence-corrected chi connectivity index (χ2v) is 6.01. The maximum absolute atomic E-state index is 2.15. The van der Waals surface area contributed by atoms with Crippen molar-refractivity contribution in [2.24, 2.45) is 0 Å². The minimum Gasteiger partial charge on any atom is -0.152 e. The Balaban J connectivity index is 1.68. The van der Waals surface area contributed by atoms with E-state index in [1.54, 1.807) is 22.7 Å². The number of hydrogen-bond acceptors (Lipinski definition) is 2. The largest absolute Gasteiger partial charge is 0.152 e. The first-order chi connectivity index (χ1) is 9.90. The molecule has 3 aromatic rings. The predicted molar refractivity (Wildman–Crippen MR) is 92.9 cm³/mol. The van der Waals surface area contributed by atoms with Crippen LogP contribution < -0.4 is 0 Å². The van der Waals surface area contributed by atoms with Crippen LogP contribution in [0, 0.1) is 0 Å². The van der Waals surface area contributed by atoms with Gasteiger partial charge in [0, 0.05) is 0 Å². The Labute approximate surface area is 127 Å². The zero-order valence-corrected chi connectivity index (χ0v) is 12.5. The zero-order valence-electron chi connectivity index (χ0n) is 10.9. The molecule has 0 spiro atoms. The molecule has 0 radical (unpaired) electrons. The molecule has 98 valence electrons. The van der Waals surface area contributed by atoms with Crippen molar-refractivity contribution < 1.29 is 0 Å². The molecule has 2 heteroatoms. The Bertz CT molecular complexity index is 621. The summed E-state index contributed by atoms with van der Waals surface area (Å²) in [6, 6.07) is 12.8. The van der Waals surface area contributed by atoms with E-state index in [2.05, 4.69) is 82.2 Å². The molecule has 0 saturated carbocycles. The minimum atomic E-state index is 1.23. The van der Waals surface area contributed by atoms with Gasteiger partial charge in [-0.2, -0.15) is 22.7 Å². The van der Waals surface area contributed by atoms with E-state index in [9.17, 15) is 0 Å². The van der Waals surface area contributed by atoms with E-state index in [4.69, 9.17) is 0 Å². The predicted octanol–water partition coefficient (Wildman–Crippen LogP) is 6.15. The molecular formula is C18H14S2. The second kappa shape index (κ2) is 6.51. The molecule has 0 unspecified atom stereocenters. The van der Waals surface area contributed by atoms with Gasteiger partial charge in [0.25, 0.3) is 0 Å². The first kappa shape index (κ1) is 13.1. The van der Waals surface area contributed by atoms with Crippen molar-refractivity contribution in [2.75, 3.05) is 0 Å². The molecule has 2 aromatic heterocycles. The van der Waals surface area contributed by atoms with Crippen molar-refractivity contribution in [3.8, 4) is 0 Å². The van der Waals surface area contributed by atoms with Crippen LogP contribution >= 0.6 is 22.7 Å². The maximum atomic E-state index is 2.15. The summed E-state index contributed by atoms with van der Waals surface area (Å²) in [7, 11) is 0. The summed E-state index contributed by atoms with van der Waals surface area (Å²) >= 11 is 3.45. The van der Waals surface area contributed by atoms with Crippen LogP contribution in [0.1, 0.15) is 22.3 Å². The van der Waals surface area contributed by atoms with Crippen molar-refractivity contribution in [2.45, 2.75) is 0 Å². The van der Waals surface area contributed by atoms with E-state index < -0.39 is 0 Å². The topological polar surface area (TPSA) is 0 Å². The van der Waals surface area contributed by atoms with Crippen LogP contribution in [0.5, 0.6) is 0 Å². The summed E-state index contributed by atoms with van der Waals surface area (Å²) in [5, 5.41) is 8.49. The molecule has 0 aliphatic heterocycles. The Morgan fingerprint density at radius 1 is 0.500 bits per heavy atom. The lowest BCUT2D eigenvalue weighted by Gasteiger charge is -1.96. The van der Waals surface area contributed by atoms with Crippen LogP contribution in [0.3, 0.4) is 0 Å². The number of rotatable bonds is 4. The van der Waals surface area contributed by atoms with E-state index in [1.807, 2.05) is 0 Å². The smallest absolute Gasteiger partial charge is 0.00208 e. The van der Waals surface area contributed by atoms with Crippen LogP contribution in [-0.2, 0) is 0 Å². The average Bonchev–Trinajstić information content (AvgIpc) is 3.17. The van der Waals surface area contributed by atoms with Gasteiger partial charge in [-0.3, -0.25) is 0 Å². The van der Waals surface area contributed by atoms with Crippen LogP contribution in [0.25, 0.3) is 24.3 Å². The monoisotopic (exact) mass is 294 g/mol. The summed E-state index contributed by atoms with van der Waals surface area (Å²) in [4.78, 5) is 0. The third-order valence-electron chi connectivity index (χ3n) is 2.96. The van der Waals surface area contributed by atoms with Crippen molar-refractivity contribution in [1.29, 1.82) is 0 Å². The van der Waals surface area contributed by atoms with Gasteiger partial charge < -0.3 is 0 Å². The molecule has 0 nitrogen and oxygen atoms in total. The van der Waals surface area contributed by atoms with Gasteiger partial charge in [-0.05, 0) is 55.9 Å². The van der Waals surface area contributed by atoms with Gasteiger partial charge in [-0.15, -0.1) is 0 Å². The molecule has 0 bridgehead atoms. The first-order valence-corrected chi connectivity index (χ1v) is 8.29. The Kier molecular flexibility index (Phi) is 4.26. The molecule has 3 rings (SSSR count). The number of benzene rings is 1. The quantitative estimate of drug-likeness (QED) is 0.541. The van der Waals surface area contributed by atoms with E-state index in [0.717, 1.165) is 0 Å². The Hall–Kier alpha value is -1.90. The van der Waals surface area contributed by atoms with Crippen LogP contribution in [0.15, 0.2) is 57.9 Å². The van der Waals surface area contributed by atoms with Gasteiger partial charge in [0.2, 0.25) is 0 Å². The average molecular weight is 294 g/mol. The van der Waals surface area contributed by atoms with Crippen LogP contribution in [-0.4, -0.2) is 0 Å². The van der Waals surface area contributed by atoms with Gasteiger partial charge in [-0.1, -0.05) is 48.6 Å². The summed E-state index contributed by atoms with van der Waals surface area (Å²) in [6.07, 6.45) is 8.59. The molecule has 0 N–H and O–H groups in total. The highest BCUT2D eigenvalue weighted by Gasteiger charge is 1.91. The Morgan fingerprint density at radius 2 is 0.900 bits per heavy atom. The van der Waals surface area contributed by atoms with Crippen molar-refractivity contribution in [3.05, 3.63) is 80.2 Å². The molecule has 0 aliphatic rings. The van der Waals surface area contributed by atoms with E-state index in [-0.39, 0.29) is 0 Å². The van der Waals surface area contributed by atoms with Gasteiger partial charge >= 0.3 is 0 Å². The normalized spacial score (nSPS) is 11.6. The molecular weight excluding hydrogens is 280 g/mol. The fourth-order valence-electron chi connectivity index (χ4n) is 1.84. The van der Waals surface area contributed by atoms with Crippen molar-refractivity contribution in [1.82, 2.24) is 0 Å². The van der Waals surface area contributed by atoms with Gasteiger partial charge in [0.15, 0.2) is 0 Å². The fourth-order valence-corrected chi connectivity index (χ4v) is 3.10. The van der Waals surface area contributed by atoms with Gasteiger partial charge in [-0.25, -0.2) is 0 Å². The molecule has 0 saturated heterocycles. The molecule has 2 heterocycles. The van der Waals surface area contributed by atoms with E-state index in [1.165, 1.54) is 22.3 Å². The molecule has 0 atom stereocenters. The second-order valence-electron chi connectivity index (χ2n) is 4.45. The molecule has 20 heavy (non-hydrogen) atoms. The third kappa shape index (κ3) is 3.56. The third-order valence-corrected chi connectivity index (χ3v) is 4.36. The van der Waals surface area contributed by atoms with Crippen molar-refractivity contribution >= 4 is 47.0 Å². The number of thiophene rings is 2. The van der Waals surface area contributed by atoms with E-state index in [0.29, 0.717) is 0 Å². The summed E-state index contributed by atoms with van der Waals surface area (Å²) in [6.45, 7) is 0. The Morgan fingerprint density at radius 3 is 1.25 bits per heavy atom. The maximum Gasteiger partial charge on any atom is -0.00208 e. The lowest BCUT2D eigenvalue weighted by atomic mass is 10.1. The van der Waals surface area contributed by atoms with Crippen LogP contribution in [0.4, 0.5) is 0 Å². The lowest BCUT2D eigenvalue weighted by molar-refractivity contribution is 1.62. The summed E-state index contributed by atoms with van der Waals surface area (Å²) in [5.74, 6) is 0.